The van der Waals surface area contributed by atoms with Crippen LogP contribution in [0.15, 0.2) is 30.6 Å². The van der Waals surface area contributed by atoms with E-state index in [4.69, 9.17) is 23.2 Å². The average Bonchev–Trinajstić information content (AvgIpc) is 2.90. The van der Waals surface area contributed by atoms with Crippen LogP contribution in [0.1, 0.15) is 25.3 Å². The van der Waals surface area contributed by atoms with Gasteiger partial charge in [-0.15, -0.1) is 0 Å². The number of hydrogen-bond donors (Lipinski definition) is 2. The second kappa shape index (κ2) is 8.06. The Labute approximate surface area is 139 Å². The monoisotopic (exact) mass is 340 g/mol. The molecule has 7 heteroatoms. The van der Waals surface area contributed by atoms with Crippen LogP contribution in [0.3, 0.4) is 0 Å². The van der Waals surface area contributed by atoms with Gasteiger partial charge in [-0.1, -0.05) is 42.6 Å². The smallest absolute Gasteiger partial charge is 0.319 e. The number of urea groups is 1. The molecule has 1 aromatic heterocycles. The highest BCUT2D eigenvalue weighted by molar-refractivity contribution is 6.35. The highest BCUT2D eigenvalue weighted by Crippen LogP contribution is 2.25. The largest absolute Gasteiger partial charge is 0.338 e. The van der Waals surface area contributed by atoms with E-state index in [1.54, 1.807) is 35.3 Å². The van der Waals surface area contributed by atoms with Gasteiger partial charge < -0.3 is 10.6 Å². The van der Waals surface area contributed by atoms with Crippen LogP contribution >= 0.6 is 23.2 Å². The number of amides is 2. The summed E-state index contributed by atoms with van der Waals surface area (Å²) in [5.41, 5.74) is 1.42. The molecular weight excluding hydrogens is 323 g/mol. The van der Waals surface area contributed by atoms with E-state index in [1.807, 2.05) is 0 Å². The van der Waals surface area contributed by atoms with Gasteiger partial charge in [0.15, 0.2) is 0 Å². The number of anilines is 1. The van der Waals surface area contributed by atoms with Crippen molar-refractivity contribution in [3.63, 3.8) is 0 Å². The van der Waals surface area contributed by atoms with Gasteiger partial charge in [-0.3, -0.25) is 4.68 Å². The Morgan fingerprint density at radius 2 is 2.05 bits per heavy atom. The van der Waals surface area contributed by atoms with Crippen molar-refractivity contribution in [2.75, 3.05) is 11.9 Å². The van der Waals surface area contributed by atoms with E-state index in [1.165, 1.54) is 0 Å². The van der Waals surface area contributed by atoms with Crippen LogP contribution < -0.4 is 10.6 Å². The zero-order chi connectivity index (χ0) is 15.9. The van der Waals surface area contributed by atoms with E-state index in [0.717, 1.165) is 18.4 Å². The van der Waals surface area contributed by atoms with Crippen LogP contribution in [0.4, 0.5) is 10.5 Å². The second-order valence-corrected chi connectivity index (χ2v) is 5.68. The van der Waals surface area contributed by atoms with Gasteiger partial charge in [-0.05, 0) is 18.6 Å². The van der Waals surface area contributed by atoms with Crippen molar-refractivity contribution in [1.82, 2.24) is 15.1 Å². The molecule has 0 aliphatic carbocycles. The molecular formula is C15H18Cl2N4O. The Hall–Kier alpha value is -1.72. The maximum Gasteiger partial charge on any atom is 0.319 e. The lowest BCUT2D eigenvalue weighted by molar-refractivity contribution is 0.252. The van der Waals surface area contributed by atoms with Crippen LogP contribution in [-0.4, -0.2) is 22.4 Å². The van der Waals surface area contributed by atoms with E-state index < -0.39 is 0 Å². The van der Waals surface area contributed by atoms with Crippen LogP contribution in [0.25, 0.3) is 0 Å². The third-order valence-corrected chi connectivity index (χ3v) is 3.80. The van der Waals surface area contributed by atoms with E-state index in [9.17, 15) is 4.79 Å². The van der Waals surface area contributed by atoms with Crippen molar-refractivity contribution < 1.29 is 4.79 Å². The van der Waals surface area contributed by atoms with E-state index in [2.05, 4.69) is 22.7 Å². The van der Waals surface area contributed by atoms with Crippen LogP contribution in [0.5, 0.6) is 0 Å². The predicted octanol–water partition coefficient (Wildman–Crippen LogP) is 4.16. The fourth-order valence-corrected chi connectivity index (χ4v) is 2.43. The van der Waals surface area contributed by atoms with Gasteiger partial charge in [0.05, 0.1) is 18.4 Å². The molecule has 2 aromatic rings. The summed E-state index contributed by atoms with van der Waals surface area (Å²) < 4.78 is 1.68. The number of nitrogens with zero attached hydrogens (tertiary/aromatic N) is 2. The molecule has 0 radical (unpaired) electrons. The molecule has 1 heterocycles. The minimum Gasteiger partial charge on any atom is -0.338 e. The van der Waals surface area contributed by atoms with Gasteiger partial charge in [0.25, 0.3) is 0 Å². The normalized spacial score (nSPS) is 10.5. The number of halogens is 2. The number of nitrogens with one attached hydrogen (secondary N) is 2. The number of aromatic nitrogens is 2. The van der Waals surface area contributed by atoms with Gasteiger partial charge >= 0.3 is 6.03 Å². The summed E-state index contributed by atoms with van der Waals surface area (Å²) in [5.74, 6) is 0. The lowest BCUT2D eigenvalue weighted by atomic mass is 10.2. The van der Waals surface area contributed by atoms with Crippen molar-refractivity contribution in [3.8, 4) is 0 Å². The standard InChI is InChI=1S/C15H18Cl2N4O/c1-2-3-7-18-15(22)20-11-8-19-21(9-11)10-12-13(16)5-4-6-14(12)17/h4-6,8-9H,2-3,7,10H2,1H3,(H2,18,20,22). The molecule has 0 aliphatic rings. The van der Waals surface area contributed by atoms with Gasteiger partial charge in [0.1, 0.15) is 0 Å². The highest BCUT2D eigenvalue weighted by atomic mass is 35.5. The fourth-order valence-electron chi connectivity index (χ4n) is 1.91. The summed E-state index contributed by atoms with van der Waals surface area (Å²) in [4.78, 5) is 11.7. The Kier molecular flexibility index (Phi) is 6.10. The molecule has 0 unspecified atom stereocenters. The maximum atomic E-state index is 11.7. The first kappa shape index (κ1) is 16.6. The Bertz CT molecular complexity index is 622. The SMILES string of the molecule is CCCCNC(=O)Nc1cnn(Cc2c(Cl)cccc2Cl)c1. The summed E-state index contributed by atoms with van der Waals surface area (Å²) in [6.45, 7) is 3.17. The molecule has 0 atom stereocenters. The average molecular weight is 341 g/mol. The number of benzene rings is 1. The molecule has 2 N–H and O–H groups in total. The third-order valence-electron chi connectivity index (χ3n) is 3.09. The lowest BCUT2D eigenvalue weighted by Gasteiger charge is -2.07. The number of rotatable bonds is 6. The van der Waals surface area contributed by atoms with Crippen molar-refractivity contribution in [3.05, 3.63) is 46.2 Å². The van der Waals surface area contributed by atoms with Crippen LogP contribution in [0.2, 0.25) is 10.0 Å². The molecule has 0 saturated heterocycles. The molecule has 0 aliphatic heterocycles. The molecule has 1 aromatic carbocycles. The molecule has 118 valence electrons. The highest BCUT2D eigenvalue weighted by Gasteiger charge is 2.08. The summed E-state index contributed by atoms with van der Waals surface area (Å²) in [6.07, 6.45) is 5.32. The summed E-state index contributed by atoms with van der Waals surface area (Å²) >= 11 is 12.3. The zero-order valence-corrected chi connectivity index (χ0v) is 13.8. The van der Waals surface area contributed by atoms with Gasteiger partial charge in [-0.2, -0.15) is 5.10 Å². The molecule has 22 heavy (non-hydrogen) atoms. The summed E-state index contributed by atoms with van der Waals surface area (Å²) in [7, 11) is 0. The van der Waals surface area contributed by atoms with Crippen molar-refractivity contribution in [1.29, 1.82) is 0 Å². The zero-order valence-electron chi connectivity index (χ0n) is 12.3. The summed E-state index contributed by atoms with van der Waals surface area (Å²) in [6, 6.07) is 5.13. The molecule has 2 rings (SSSR count). The van der Waals surface area contributed by atoms with Crippen molar-refractivity contribution >= 4 is 34.9 Å². The minimum absolute atomic E-state index is 0.233. The number of carbonyl (C=O) groups excluding carboxylic acids is 1. The molecule has 2 amide bonds. The molecule has 0 saturated carbocycles. The van der Waals surface area contributed by atoms with Gasteiger partial charge in [-0.25, -0.2) is 4.79 Å². The van der Waals surface area contributed by atoms with E-state index in [-0.39, 0.29) is 6.03 Å². The van der Waals surface area contributed by atoms with Crippen LogP contribution in [0, 0.1) is 0 Å². The predicted molar refractivity (Wildman–Crippen MR) is 89.7 cm³/mol. The second-order valence-electron chi connectivity index (χ2n) is 4.86. The van der Waals surface area contributed by atoms with Crippen molar-refractivity contribution in [2.45, 2.75) is 26.3 Å². The van der Waals surface area contributed by atoms with Crippen molar-refractivity contribution in [2.24, 2.45) is 0 Å². The third kappa shape index (κ3) is 4.64. The fraction of sp³-hybridized carbons (Fsp3) is 0.333. The Morgan fingerprint density at radius 1 is 1.32 bits per heavy atom. The Balaban J connectivity index is 1.95. The molecule has 0 spiro atoms. The van der Waals surface area contributed by atoms with Gasteiger partial charge in [0.2, 0.25) is 0 Å². The Morgan fingerprint density at radius 3 is 2.73 bits per heavy atom. The minimum atomic E-state index is -0.233. The molecule has 5 nitrogen and oxygen atoms in total. The van der Waals surface area contributed by atoms with Gasteiger partial charge in [0, 0.05) is 28.4 Å². The first-order valence-corrected chi connectivity index (χ1v) is 7.86. The lowest BCUT2D eigenvalue weighted by Crippen LogP contribution is -2.29. The number of hydrogen-bond acceptors (Lipinski definition) is 2. The van der Waals surface area contributed by atoms with Crippen LogP contribution in [-0.2, 0) is 6.54 Å². The summed E-state index contributed by atoms with van der Waals surface area (Å²) in [5, 5.41) is 10.9. The maximum absolute atomic E-state index is 11.7. The molecule has 0 fully saturated rings. The van der Waals surface area contributed by atoms with E-state index in [0.29, 0.717) is 28.8 Å². The first-order chi connectivity index (χ1) is 10.6. The quantitative estimate of drug-likeness (QED) is 0.775. The number of unbranched alkanes of at least 4 members (excludes halogenated alkanes) is 1. The number of carbonyl (C=O) groups is 1. The molecule has 0 bridgehead atoms. The van der Waals surface area contributed by atoms with E-state index >= 15 is 0 Å². The topological polar surface area (TPSA) is 59.0 Å². The first-order valence-electron chi connectivity index (χ1n) is 7.10.